The first-order valence-corrected chi connectivity index (χ1v) is 8.00. The van der Waals surface area contributed by atoms with Gasteiger partial charge in [0, 0.05) is 23.0 Å². The number of esters is 1. The number of carbonyl (C=O) groups excluding carboxylic acids is 3. The van der Waals surface area contributed by atoms with Crippen molar-refractivity contribution in [3.63, 3.8) is 0 Å². The van der Waals surface area contributed by atoms with E-state index < -0.39 is 18.5 Å². The van der Waals surface area contributed by atoms with Gasteiger partial charge in [-0.25, -0.2) is 4.98 Å². The number of nitrogens with zero attached hydrogens (tertiary/aromatic N) is 2. The number of benzene rings is 1. The Morgan fingerprint density at radius 1 is 1.19 bits per heavy atom. The molecule has 26 heavy (non-hydrogen) atoms. The molecule has 0 saturated heterocycles. The summed E-state index contributed by atoms with van der Waals surface area (Å²) >= 11 is 5.71. The number of halogens is 1. The SMILES string of the molecule is C=C1c2ccccc2C(=O)N1CC(=O)OCC(=O)Nc1ccc(Cl)cn1. The number of amides is 2. The highest BCUT2D eigenvalue weighted by atomic mass is 35.5. The van der Waals surface area contributed by atoms with Crippen LogP contribution in [0.1, 0.15) is 15.9 Å². The first kappa shape index (κ1) is 17.6. The van der Waals surface area contributed by atoms with Crippen LogP contribution < -0.4 is 5.32 Å². The third-order valence-corrected chi connectivity index (χ3v) is 3.91. The summed E-state index contributed by atoms with van der Waals surface area (Å²) in [5.74, 6) is -1.30. The van der Waals surface area contributed by atoms with Gasteiger partial charge in [-0.15, -0.1) is 0 Å². The van der Waals surface area contributed by atoms with Crippen LogP contribution in [0.15, 0.2) is 49.2 Å². The van der Waals surface area contributed by atoms with E-state index in [0.29, 0.717) is 21.8 Å². The molecule has 132 valence electrons. The smallest absolute Gasteiger partial charge is 0.326 e. The highest BCUT2D eigenvalue weighted by Crippen LogP contribution is 2.30. The Labute approximate surface area is 154 Å². The Morgan fingerprint density at radius 3 is 2.58 bits per heavy atom. The van der Waals surface area contributed by atoms with Crippen molar-refractivity contribution in [2.24, 2.45) is 0 Å². The molecular formula is C18H14ClN3O4. The zero-order valence-electron chi connectivity index (χ0n) is 13.6. The van der Waals surface area contributed by atoms with E-state index in [4.69, 9.17) is 16.3 Å². The summed E-state index contributed by atoms with van der Waals surface area (Å²) in [7, 11) is 0. The lowest BCUT2D eigenvalue weighted by Gasteiger charge is -2.16. The second-order valence-corrected chi connectivity index (χ2v) is 5.89. The number of hydrogen-bond acceptors (Lipinski definition) is 5. The molecule has 7 nitrogen and oxygen atoms in total. The molecule has 0 unspecified atom stereocenters. The molecule has 2 amide bonds. The van der Waals surface area contributed by atoms with Gasteiger partial charge in [0.15, 0.2) is 6.61 Å². The molecule has 0 spiro atoms. The van der Waals surface area contributed by atoms with Crippen LogP contribution in [0.4, 0.5) is 5.82 Å². The maximum atomic E-state index is 12.3. The number of aromatic nitrogens is 1. The van der Waals surface area contributed by atoms with Crippen LogP contribution in [0.5, 0.6) is 0 Å². The number of fused-ring (bicyclic) bond motifs is 1. The van der Waals surface area contributed by atoms with Crippen molar-refractivity contribution < 1.29 is 19.1 Å². The maximum absolute atomic E-state index is 12.3. The molecule has 0 fully saturated rings. The van der Waals surface area contributed by atoms with E-state index in [2.05, 4.69) is 16.9 Å². The van der Waals surface area contributed by atoms with Gasteiger partial charge >= 0.3 is 5.97 Å². The van der Waals surface area contributed by atoms with Gasteiger partial charge in [-0.3, -0.25) is 19.3 Å². The summed E-state index contributed by atoms with van der Waals surface area (Å²) in [5.41, 5.74) is 1.59. The van der Waals surface area contributed by atoms with Gasteiger partial charge in [-0.1, -0.05) is 36.4 Å². The monoisotopic (exact) mass is 371 g/mol. The number of carbonyl (C=O) groups is 3. The van der Waals surface area contributed by atoms with E-state index in [1.165, 1.54) is 17.2 Å². The summed E-state index contributed by atoms with van der Waals surface area (Å²) in [4.78, 5) is 41.2. The van der Waals surface area contributed by atoms with Crippen molar-refractivity contribution in [2.45, 2.75) is 0 Å². The van der Waals surface area contributed by atoms with Crippen LogP contribution in [-0.4, -0.2) is 40.8 Å². The zero-order valence-corrected chi connectivity index (χ0v) is 14.3. The fourth-order valence-electron chi connectivity index (χ4n) is 2.45. The zero-order chi connectivity index (χ0) is 18.7. The molecule has 0 aliphatic carbocycles. The predicted octanol–water partition coefficient (Wildman–Crippen LogP) is 2.34. The van der Waals surface area contributed by atoms with Crippen LogP contribution in [-0.2, 0) is 14.3 Å². The number of nitrogens with one attached hydrogen (secondary N) is 1. The van der Waals surface area contributed by atoms with Gasteiger partial charge in [0.25, 0.3) is 11.8 Å². The predicted molar refractivity (Wildman–Crippen MR) is 95.3 cm³/mol. The molecule has 0 radical (unpaired) electrons. The van der Waals surface area contributed by atoms with Crippen molar-refractivity contribution in [1.29, 1.82) is 0 Å². The van der Waals surface area contributed by atoms with Crippen LogP contribution >= 0.6 is 11.6 Å². The summed E-state index contributed by atoms with van der Waals surface area (Å²) in [6.45, 7) is 3.02. The minimum atomic E-state index is -0.716. The van der Waals surface area contributed by atoms with Crippen molar-refractivity contribution in [1.82, 2.24) is 9.88 Å². The first-order chi connectivity index (χ1) is 12.5. The summed E-state index contributed by atoms with van der Waals surface area (Å²) < 4.78 is 4.92. The molecule has 2 heterocycles. The maximum Gasteiger partial charge on any atom is 0.326 e. The average molecular weight is 372 g/mol. The van der Waals surface area contributed by atoms with Crippen LogP contribution in [0, 0.1) is 0 Å². The van der Waals surface area contributed by atoms with Crippen molar-refractivity contribution in [3.8, 4) is 0 Å². The van der Waals surface area contributed by atoms with E-state index in [-0.39, 0.29) is 18.3 Å². The standard InChI is InChI=1S/C18H14ClN3O4/c1-11-13-4-2-3-5-14(13)18(25)22(11)9-17(24)26-10-16(23)21-15-7-6-12(19)8-20-15/h2-8H,1,9-10H2,(H,20,21,23). The molecular weight excluding hydrogens is 358 g/mol. The molecule has 1 N–H and O–H groups in total. The third-order valence-electron chi connectivity index (χ3n) is 3.69. The average Bonchev–Trinajstić information content (AvgIpc) is 2.87. The molecule has 1 aromatic carbocycles. The van der Waals surface area contributed by atoms with E-state index in [1.54, 1.807) is 30.3 Å². The molecule has 8 heteroatoms. The second kappa shape index (κ2) is 7.37. The molecule has 2 aromatic rings. The largest absolute Gasteiger partial charge is 0.454 e. The highest BCUT2D eigenvalue weighted by molar-refractivity contribution is 6.30. The Kier molecular flexibility index (Phi) is 4.99. The molecule has 1 aromatic heterocycles. The van der Waals surface area contributed by atoms with E-state index in [0.717, 1.165) is 0 Å². The van der Waals surface area contributed by atoms with Crippen molar-refractivity contribution >= 4 is 40.9 Å². The molecule has 1 aliphatic rings. The van der Waals surface area contributed by atoms with Crippen LogP contribution in [0.2, 0.25) is 5.02 Å². The molecule has 0 saturated carbocycles. The lowest BCUT2D eigenvalue weighted by molar-refractivity contribution is -0.147. The number of rotatable bonds is 5. The Morgan fingerprint density at radius 2 is 1.92 bits per heavy atom. The third kappa shape index (κ3) is 3.73. The lowest BCUT2D eigenvalue weighted by Crippen LogP contribution is -2.32. The van der Waals surface area contributed by atoms with E-state index in [1.807, 2.05) is 0 Å². The van der Waals surface area contributed by atoms with Gasteiger partial charge in [0.1, 0.15) is 12.4 Å². The quantitative estimate of drug-likeness (QED) is 0.815. The first-order valence-electron chi connectivity index (χ1n) is 7.63. The second-order valence-electron chi connectivity index (χ2n) is 5.45. The summed E-state index contributed by atoms with van der Waals surface area (Å²) in [6.07, 6.45) is 1.38. The Bertz CT molecular complexity index is 861. The fraction of sp³-hybridized carbons (Fsp3) is 0.111. The fourth-order valence-corrected chi connectivity index (χ4v) is 2.56. The van der Waals surface area contributed by atoms with E-state index >= 15 is 0 Å². The summed E-state index contributed by atoms with van der Waals surface area (Å²) in [5, 5.41) is 2.90. The van der Waals surface area contributed by atoms with Gasteiger partial charge in [-0.2, -0.15) is 0 Å². The molecule has 1 aliphatic heterocycles. The van der Waals surface area contributed by atoms with Gasteiger partial charge < -0.3 is 10.1 Å². The normalized spacial score (nSPS) is 12.7. The number of anilines is 1. The van der Waals surface area contributed by atoms with Crippen molar-refractivity contribution in [3.05, 3.63) is 65.3 Å². The van der Waals surface area contributed by atoms with Crippen LogP contribution in [0.3, 0.4) is 0 Å². The lowest BCUT2D eigenvalue weighted by atomic mass is 10.1. The molecule has 0 atom stereocenters. The minimum Gasteiger partial charge on any atom is -0.454 e. The van der Waals surface area contributed by atoms with Crippen LogP contribution in [0.25, 0.3) is 5.70 Å². The van der Waals surface area contributed by atoms with E-state index in [9.17, 15) is 14.4 Å². The Hall–Kier alpha value is -3.19. The number of hydrogen-bond donors (Lipinski definition) is 1. The topological polar surface area (TPSA) is 88.6 Å². The highest BCUT2D eigenvalue weighted by Gasteiger charge is 2.32. The number of pyridine rings is 1. The van der Waals surface area contributed by atoms with Gasteiger partial charge in [0.2, 0.25) is 0 Å². The number of ether oxygens (including phenoxy) is 1. The molecule has 3 rings (SSSR count). The molecule has 0 bridgehead atoms. The van der Waals surface area contributed by atoms with Gasteiger partial charge in [-0.05, 0) is 18.2 Å². The summed E-state index contributed by atoms with van der Waals surface area (Å²) in [6, 6.07) is 10.0. The Balaban J connectivity index is 1.52. The minimum absolute atomic E-state index is 0.286. The van der Waals surface area contributed by atoms with Gasteiger partial charge in [0.05, 0.1) is 5.02 Å². The van der Waals surface area contributed by atoms with Crippen molar-refractivity contribution in [2.75, 3.05) is 18.5 Å².